The molecule has 0 aliphatic rings. The van der Waals surface area contributed by atoms with Gasteiger partial charge in [-0.1, -0.05) is 158 Å². The molecule has 0 N–H and O–H groups in total. The lowest BCUT2D eigenvalue weighted by Crippen LogP contribution is -2.10. The molecule has 0 bridgehead atoms. The summed E-state index contributed by atoms with van der Waals surface area (Å²) in [6.45, 7) is 2.25. The van der Waals surface area contributed by atoms with Crippen LogP contribution in [0.2, 0.25) is 0 Å². The fraction of sp³-hybridized carbons (Fsp3) is 0.0169. The first kappa shape index (κ1) is 35.4. The first-order valence-corrected chi connectivity index (χ1v) is 21.8. The lowest BCUT2D eigenvalue weighted by atomic mass is 9.96. The average Bonchev–Trinajstić information content (AvgIpc) is 3.73. The number of nitrogens with zero attached hydrogens (tertiary/aromatic N) is 1. The lowest BCUT2D eigenvalue weighted by Gasteiger charge is -2.26. The molecule has 0 radical (unpaired) electrons. The topological polar surface area (TPSA) is 3.24 Å². The van der Waals surface area contributed by atoms with Gasteiger partial charge in [0.05, 0.1) is 10.4 Å². The molecule has 0 aliphatic carbocycles. The second-order valence-corrected chi connectivity index (χ2v) is 17.2. The van der Waals surface area contributed by atoms with Gasteiger partial charge in [0.1, 0.15) is 0 Å². The quantitative estimate of drug-likeness (QED) is 0.162. The summed E-state index contributed by atoms with van der Waals surface area (Å²) in [4.78, 5) is 2.44. The Balaban J connectivity index is 0.946. The van der Waals surface area contributed by atoms with Gasteiger partial charge in [-0.2, -0.15) is 0 Å². The Kier molecular flexibility index (Phi) is 8.33. The van der Waals surface area contributed by atoms with Gasteiger partial charge in [0.25, 0.3) is 0 Å². The van der Waals surface area contributed by atoms with E-state index in [9.17, 15) is 0 Å². The Hall–Kier alpha value is -7.52. The molecule has 0 fully saturated rings. The summed E-state index contributed by atoms with van der Waals surface area (Å²) in [5.41, 5.74) is 12.0. The summed E-state index contributed by atoms with van der Waals surface area (Å²) in [5.74, 6) is 0. The molecule has 12 aromatic rings. The Morgan fingerprint density at radius 3 is 1.26 bits per heavy atom. The third-order valence-electron chi connectivity index (χ3n) is 12.5. The maximum Gasteiger partial charge on any atom is 0.0640 e. The number of thiophene rings is 1. The first-order valence-electron chi connectivity index (χ1n) is 21.0. The molecule has 0 unspecified atom stereocenters. The molecule has 12 rings (SSSR count). The normalized spacial score (nSPS) is 11.7. The van der Waals surface area contributed by atoms with Gasteiger partial charge in [-0.05, 0) is 150 Å². The predicted molar refractivity (Wildman–Crippen MR) is 265 cm³/mol. The zero-order chi connectivity index (χ0) is 40.4. The molecule has 0 spiro atoms. The Labute approximate surface area is 359 Å². The highest BCUT2D eigenvalue weighted by atomic mass is 32.1. The van der Waals surface area contributed by atoms with Crippen LogP contribution in [0.25, 0.3) is 96.6 Å². The van der Waals surface area contributed by atoms with Crippen molar-refractivity contribution in [2.45, 2.75) is 6.92 Å². The molecular formula is C59H39NS. The minimum atomic E-state index is 1.12. The molecule has 286 valence electrons. The highest BCUT2D eigenvalue weighted by Crippen LogP contribution is 2.48. The minimum Gasteiger partial charge on any atom is -0.309 e. The molecule has 61 heavy (non-hydrogen) atoms. The molecule has 0 aliphatic heterocycles. The van der Waals surface area contributed by atoms with E-state index in [0.717, 1.165) is 11.4 Å². The van der Waals surface area contributed by atoms with Gasteiger partial charge in [-0.25, -0.2) is 0 Å². The van der Waals surface area contributed by atoms with Crippen molar-refractivity contribution in [1.29, 1.82) is 0 Å². The average molecular weight is 794 g/mol. The van der Waals surface area contributed by atoms with Gasteiger partial charge in [0.2, 0.25) is 0 Å². The number of rotatable bonds is 6. The fourth-order valence-corrected chi connectivity index (χ4v) is 10.6. The number of anilines is 3. The monoisotopic (exact) mass is 793 g/mol. The molecule has 0 saturated heterocycles. The van der Waals surface area contributed by atoms with Crippen LogP contribution >= 0.6 is 11.3 Å². The van der Waals surface area contributed by atoms with E-state index in [-0.39, 0.29) is 0 Å². The molecule has 0 saturated carbocycles. The standard InChI is InChI=1S/C59H39NS/c1-38-33-51-13-6-7-14-54(51)57-55-15-8-16-56(59(55)61-58(38)57)60(52-29-25-41(26-30-52)45-19-17-39-9-2-4-11-43(39)34-45)53-31-27-42(28-32-53)46-21-22-49-37-50(24-23-48(49)36-46)47-20-18-40-10-3-5-12-44(40)35-47/h2-37H,1H3. The highest BCUT2D eigenvalue weighted by Gasteiger charge is 2.20. The summed E-state index contributed by atoms with van der Waals surface area (Å²) in [5, 5.41) is 12.8. The van der Waals surface area contributed by atoms with Gasteiger partial charge >= 0.3 is 0 Å². The van der Waals surface area contributed by atoms with Gasteiger partial charge < -0.3 is 4.90 Å². The van der Waals surface area contributed by atoms with Crippen LogP contribution in [0, 0.1) is 6.92 Å². The molecule has 1 heterocycles. The van der Waals surface area contributed by atoms with Gasteiger partial charge in [0, 0.05) is 26.8 Å². The maximum absolute atomic E-state index is 2.44. The molecule has 1 aromatic heterocycles. The van der Waals surface area contributed by atoms with Crippen LogP contribution < -0.4 is 4.90 Å². The fourth-order valence-electron chi connectivity index (χ4n) is 9.35. The maximum atomic E-state index is 2.44. The van der Waals surface area contributed by atoms with E-state index in [1.165, 1.54) is 108 Å². The van der Waals surface area contributed by atoms with Crippen LogP contribution in [-0.2, 0) is 0 Å². The zero-order valence-electron chi connectivity index (χ0n) is 33.6. The Morgan fingerprint density at radius 2 is 0.721 bits per heavy atom. The number of hydrogen-bond acceptors (Lipinski definition) is 2. The van der Waals surface area contributed by atoms with Crippen LogP contribution in [0.4, 0.5) is 17.1 Å². The molecule has 1 nitrogen and oxygen atoms in total. The van der Waals surface area contributed by atoms with Crippen molar-refractivity contribution in [3.63, 3.8) is 0 Å². The number of aryl methyl sites for hydroxylation is 1. The van der Waals surface area contributed by atoms with Crippen LogP contribution in [0.1, 0.15) is 5.56 Å². The molecule has 11 aromatic carbocycles. The third-order valence-corrected chi connectivity index (χ3v) is 13.8. The summed E-state index contributed by atoms with van der Waals surface area (Å²) in [7, 11) is 0. The number of benzene rings is 11. The molecule has 0 amide bonds. The summed E-state index contributed by atoms with van der Waals surface area (Å²) in [6, 6.07) is 80.5. The van der Waals surface area contributed by atoms with E-state index < -0.39 is 0 Å². The van der Waals surface area contributed by atoms with Crippen LogP contribution in [0.3, 0.4) is 0 Å². The van der Waals surface area contributed by atoms with Crippen molar-refractivity contribution in [1.82, 2.24) is 0 Å². The van der Waals surface area contributed by atoms with Crippen LogP contribution in [-0.4, -0.2) is 0 Å². The molecule has 2 heteroatoms. The highest BCUT2D eigenvalue weighted by molar-refractivity contribution is 7.26. The Bertz CT molecular complexity index is 3650. The number of hydrogen-bond donors (Lipinski definition) is 0. The van der Waals surface area contributed by atoms with E-state index in [1.54, 1.807) is 0 Å². The van der Waals surface area contributed by atoms with Crippen LogP contribution in [0.15, 0.2) is 218 Å². The van der Waals surface area contributed by atoms with Crippen LogP contribution in [0.5, 0.6) is 0 Å². The molecular weight excluding hydrogens is 755 g/mol. The van der Waals surface area contributed by atoms with E-state index >= 15 is 0 Å². The molecule has 0 atom stereocenters. The van der Waals surface area contributed by atoms with E-state index in [0.29, 0.717) is 0 Å². The van der Waals surface area contributed by atoms with Gasteiger partial charge in [-0.3, -0.25) is 0 Å². The zero-order valence-corrected chi connectivity index (χ0v) is 34.5. The van der Waals surface area contributed by atoms with Crippen molar-refractivity contribution in [3.8, 4) is 33.4 Å². The van der Waals surface area contributed by atoms with Crippen molar-refractivity contribution < 1.29 is 0 Å². The van der Waals surface area contributed by atoms with Gasteiger partial charge in [-0.15, -0.1) is 11.3 Å². The predicted octanol–water partition coefficient (Wildman–Crippen LogP) is 17.4. The third kappa shape index (κ3) is 6.15. The smallest absolute Gasteiger partial charge is 0.0640 e. The van der Waals surface area contributed by atoms with Crippen molar-refractivity contribution >= 4 is 91.7 Å². The lowest BCUT2D eigenvalue weighted by molar-refractivity contribution is 1.30. The summed E-state index contributed by atoms with van der Waals surface area (Å²) >= 11 is 1.91. The minimum absolute atomic E-state index is 1.12. The van der Waals surface area contributed by atoms with E-state index in [4.69, 9.17) is 0 Å². The Morgan fingerprint density at radius 1 is 0.311 bits per heavy atom. The van der Waals surface area contributed by atoms with Gasteiger partial charge in [0.15, 0.2) is 0 Å². The largest absolute Gasteiger partial charge is 0.309 e. The van der Waals surface area contributed by atoms with Crippen molar-refractivity contribution in [2.75, 3.05) is 4.90 Å². The van der Waals surface area contributed by atoms with Crippen molar-refractivity contribution in [2.24, 2.45) is 0 Å². The van der Waals surface area contributed by atoms with E-state index in [1.807, 2.05) is 11.3 Å². The number of fused-ring (bicyclic) bond motifs is 8. The summed E-state index contributed by atoms with van der Waals surface area (Å²) in [6.07, 6.45) is 0. The first-order chi connectivity index (χ1) is 30.1. The summed E-state index contributed by atoms with van der Waals surface area (Å²) < 4.78 is 2.64. The second-order valence-electron chi connectivity index (χ2n) is 16.2. The van der Waals surface area contributed by atoms with Crippen molar-refractivity contribution in [3.05, 3.63) is 224 Å². The SMILES string of the molecule is Cc1cc2ccccc2c2c1sc1c(N(c3ccc(-c4ccc5ccccc5c4)cc3)c3ccc(-c4ccc5cc(-c6ccc7ccccc7c6)ccc5c4)cc3)cccc12. The van der Waals surface area contributed by atoms with E-state index in [2.05, 4.69) is 230 Å². The second kappa shape index (κ2) is 14.3.